The van der Waals surface area contributed by atoms with Crippen molar-refractivity contribution in [1.29, 1.82) is 0 Å². The SMILES string of the molecule is Cc1ccc(NC(=O)C(Cc2c[nH]c3ccccc23)NC(=O)C2CCN(C(=O)CNC(=O)OC(C)(C)C)CC2)cc1. The molecule has 0 saturated carbocycles. The summed E-state index contributed by atoms with van der Waals surface area (Å²) in [6.07, 6.45) is 2.47. The van der Waals surface area contributed by atoms with Crippen molar-refractivity contribution >= 4 is 40.4 Å². The van der Waals surface area contributed by atoms with Gasteiger partial charge in [-0.2, -0.15) is 0 Å². The lowest BCUT2D eigenvalue weighted by Crippen LogP contribution is -2.50. The number of alkyl carbamates (subject to hydrolysis) is 1. The molecule has 4 amide bonds. The van der Waals surface area contributed by atoms with Gasteiger partial charge in [-0.25, -0.2) is 4.79 Å². The Balaban J connectivity index is 1.36. The molecule has 0 spiro atoms. The van der Waals surface area contributed by atoms with Gasteiger partial charge in [0.05, 0.1) is 0 Å². The van der Waals surface area contributed by atoms with Gasteiger partial charge < -0.3 is 30.6 Å². The fourth-order valence-electron chi connectivity index (χ4n) is 4.85. The minimum atomic E-state index is -0.791. The number of ether oxygens (including phenoxy) is 1. The molecule has 10 nitrogen and oxygen atoms in total. The van der Waals surface area contributed by atoms with Gasteiger partial charge in [0.1, 0.15) is 18.2 Å². The number of benzene rings is 2. The van der Waals surface area contributed by atoms with Gasteiger partial charge in [-0.1, -0.05) is 35.9 Å². The number of nitrogens with zero attached hydrogens (tertiary/aromatic N) is 1. The highest BCUT2D eigenvalue weighted by molar-refractivity contribution is 5.98. The summed E-state index contributed by atoms with van der Waals surface area (Å²) in [7, 11) is 0. The minimum Gasteiger partial charge on any atom is -0.444 e. The summed E-state index contributed by atoms with van der Waals surface area (Å²) in [6.45, 7) is 7.83. The molecule has 2 aromatic carbocycles. The number of carbonyl (C=O) groups excluding carboxylic acids is 4. The normalized spacial score (nSPS) is 14.8. The molecule has 0 aliphatic carbocycles. The van der Waals surface area contributed by atoms with Crippen molar-refractivity contribution in [2.45, 2.75) is 58.6 Å². The van der Waals surface area contributed by atoms with E-state index in [4.69, 9.17) is 4.74 Å². The quantitative estimate of drug-likeness (QED) is 0.331. The van der Waals surface area contributed by atoms with Crippen molar-refractivity contribution in [3.8, 4) is 0 Å². The molecule has 0 radical (unpaired) electrons. The van der Waals surface area contributed by atoms with Crippen LogP contribution in [0.1, 0.15) is 44.7 Å². The van der Waals surface area contributed by atoms with Crippen LogP contribution in [-0.2, 0) is 25.5 Å². The lowest BCUT2D eigenvalue weighted by atomic mass is 9.94. The van der Waals surface area contributed by atoms with Crippen molar-refractivity contribution in [3.63, 3.8) is 0 Å². The monoisotopic (exact) mass is 561 g/mol. The second kappa shape index (κ2) is 12.9. The zero-order valence-electron chi connectivity index (χ0n) is 24.1. The Morgan fingerprint density at radius 1 is 1.02 bits per heavy atom. The maximum absolute atomic E-state index is 13.4. The molecule has 1 aliphatic rings. The van der Waals surface area contributed by atoms with Gasteiger partial charge in [-0.05, 0) is 64.3 Å². The molecule has 218 valence electrons. The maximum Gasteiger partial charge on any atom is 0.408 e. The molecule has 4 rings (SSSR count). The van der Waals surface area contributed by atoms with Crippen LogP contribution in [0.5, 0.6) is 0 Å². The van der Waals surface area contributed by atoms with Crippen LogP contribution in [-0.4, -0.2) is 65.0 Å². The predicted molar refractivity (Wildman–Crippen MR) is 157 cm³/mol. The number of hydrogen-bond donors (Lipinski definition) is 4. The number of aromatic nitrogens is 1. The average Bonchev–Trinajstić information content (AvgIpc) is 3.34. The number of H-pyrrole nitrogens is 1. The number of nitrogens with one attached hydrogen (secondary N) is 4. The van der Waals surface area contributed by atoms with Crippen LogP contribution < -0.4 is 16.0 Å². The molecule has 0 bridgehead atoms. The molecule has 4 N–H and O–H groups in total. The van der Waals surface area contributed by atoms with Gasteiger partial charge in [0.2, 0.25) is 17.7 Å². The van der Waals surface area contributed by atoms with Crippen LogP contribution in [0.25, 0.3) is 10.9 Å². The summed E-state index contributed by atoms with van der Waals surface area (Å²) in [5.41, 5.74) is 2.98. The molecule has 2 heterocycles. The van der Waals surface area contributed by atoms with E-state index in [9.17, 15) is 19.2 Å². The number of hydrogen-bond acceptors (Lipinski definition) is 5. The number of aryl methyl sites for hydroxylation is 1. The Morgan fingerprint density at radius 3 is 2.39 bits per heavy atom. The minimum absolute atomic E-state index is 0.169. The molecule has 41 heavy (non-hydrogen) atoms. The van der Waals surface area contributed by atoms with Gasteiger partial charge in [0.15, 0.2) is 0 Å². The molecule has 1 aliphatic heterocycles. The van der Waals surface area contributed by atoms with Gasteiger partial charge in [0.25, 0.3) is 0 Å². The Morgan fingerprint density at radius 2 is 1.71 bits per heavy atom. The van der Waals surface area contributed by atoms with E-state index in [0.29, 0.717) is 38.0 Å². The first kappa shape index (κ1) is 29.6. The van der Waals surface area contributed by atoms with E-state index < -0.39 is 17.7 Å². The Labute approximate surface area is 240 Å². The Kier molecular flexibility index (Phi) is 9.31. The topological polar surface area (TPSA) is 133 Å². The second-order valence-corrected chi connectivity index (χ2v) is 11.5. The van der Waals surface area contributed by atoms with E-state index in [2.05, 4.69) is 20.9 Å². The lowest BCUT2D eigenvalue weighted by Gasteiger charge is -2.32. The van der Waals surface area contributed by atoms with E-state index in [1.54, 1.807) is 25.7 Å². The van der Waals surface area contributed by atoms with Crippen LogP contribution in [0.3, 0.4) is 0 Å². The summed E-state index contributed by atoms with van der Waals surface area (Å²) >= 11 is 0. The summed E-state index contributed by atoms with van der Waals surface area (Å²) in [6, 6.07) is 14.6. The van der Waals surface area contributed by atoms with Crippen molar-refractivity contribution in [2.75, 3.05) is 25.0 Å². The highest BCUT2D eigenvalue weighted by atomic mass is 16.6. The second-order valence-electron chi connectivity index (χ2n) is 11.5. The highest BCUT2D eigenvalue weighted by Crippen LogP contribution is 2.22. The van der Waals surface area contributed by atoms with Gasteiger partial charge >= 0.3 is 6.09 Å². The van der Waals surface area contributed by atoms with Gasteiger partial charge in [-0.15, -0.1) is 0 Å². The zero-order chi connectivity index (χ0) is 29.6. The van der Waals surface area contributed by atoms with E-state index in [1.165, 1.54) is 0 Å². The first-order chi connectivity index (χ1) is 19.5. The number of fused-ring (bicyclic) bond motifs is 1. The van der Waals surface area contributed by atoms with Crippen molar-refractivity contribution < 1.29 is 23.9 Å². The van der Waals surface area contributed by atoms with Crippen LogP contribution >= 0.6 is 0 Å². The van der Waals surface area contributed by atoms with Gasteiger partial charge in [-0.3, -0.25) is 14.4 Å². The Bertz CT molecular complexity index is 1380. The fourth-order valence-corrected chi connectivity index (χ4v) is 4.85. The number of aromatic amines is 1. The molecule has 1 saturated heterocycles. The third-order valence-electron chi connectivity index (χ3n) is 7.05. The molecular weight excluding hydrogens is 522 g/mol. The third kappa shape index (κ3) is 8.33. The lowest BCUT2D eigenvalue weighted by molar-refractivity contribution is -0.135. The van der Waals surface area contributed by atoms with Crippen LogP contribution in [0.2, 0.25) is 0 Å². The Hall–Kier alpha value is -4.34. The summed E-state index contributed by atoms with van der Waals surface area (Å²) in [5, 5.41) is 9.41. The zero-order valence-corrected chi connectivity index (χ0v) is 24.1. The third-order valence-corrected chi connectivity index (χ3v) is 7.05. The highest BCUT2D eigenvalue weighted by Gasteiger charge is 2.31. The number of rotatable bonds is 8. The summed E-state index contributed by atoms with van der Waals surface area (Å²) in [4.78, 5) is 56.1. The summed E-state index contributed by atoms with van der Waals surface area (Å²) < 4.78 is 5.18. The number of piperidine rings is 1. The molecule has 3 aromatic rings. The standard InChI is InChI=1S/C31H39N5O5/c1-20-9-11-23(12-10-20)34-29(39)26(17-22-18-32-25-8-6-5-7-24(22)25)35-28(38)21-13-15-36(16-14-21)27(37)19-33-30(40)41-31(2,3)4/h5-12,18,21,26,32H,13-17,19H2,1-4H3,(H,33,40)(H,34,39)(H,35,38). The van der Waals surface area contributed by atoms with E-state index in [1.807, 2.05) is 61.7 Å². The van der Waals surface area contributed by atoms with Crippen molar-refractivity contribution in [2.24, 2.45) is 5.92 Å². The molecule has 1 aromatic heterocycles. The van der Waals surface area contributed by atoms with E-state index in [-0.39, 0.29) is 30.2 Å². The van der Waals surface area contributed by atoms with Crippen molar-refractivity contribution in [3.05, 3.63) is 65.9 Å². The number of amides is 4. The van der Waals surface area contributed by atoms with E-state index in [0.717, 1.165) is 22.0 Å². The first-order valence-corrected chi connectivity index (χ1v) is 14.0. The number of anilines is 1. The molecule has 1 atom stereocenters. The number of carbonyl (C=O) groups is 4. The summed E-state index contributed by atoms with van der Waals surface area (Å²) in [5.74, 6) is -1.08. The smallest absolute Gasteiger partial charge is 0.408 e. The largest absolute Gasteiger partial charge is 0.444 e. The van der Waals surface area contributed by atoms with Crippen molar-refractivity contribution in [1.82, 2.24) is 20.5 Å². The van der Waals surface area contributed by atoms with E-state index >= 15 is 0 Å². The predicted octanol–water partition coefficient (Wildman–Crippen LogP) is 3.91. The number of likely N-dealkylation sites (tertiary alicyclic amines) is 1. The molecule has 10 heteroatoms. The molecular formula is C31H39N5O5. The van der Waals surface area contributed by atoms with Crippen LogP contribution in [0.4, 0.5) is 10.5 Å². The maximum atomic E-state index is 13.4. The van der Waals surface area contributed by atoms with Gasteiger partial charge in [0, 0.05) is 48.2 Å². The number of para-hydroxylation sites is 1. The fraction of sp³-hybridized carbons (Fsp3) is 0.419. The molecule has 1 unspecified atom stereocenters. The first-order valence-electron chi connectivity index (χ1n) is 14.0. The molecule has 1 fully saturated rings. The van der Waals surface area contributed by atoms with Crippen LogP contribution in [0.15, 0.2) is 54.7 Å². The average molecular weight is 562 g/mol. The van der Waals surface area contributed by atoms with Crippen LogP contribution in [0, 0.1) is 12.8 Å².